The summed E-state index contributed by atoms with van der Waals surface area (Å²) in [5.74, 6) is 0.160. The van der Waals surface area contributed by atoms with Gasteiger partial charge in [0, 0.05) is 18.2 Å². The van der Waals surface area contributed by atoms with Gasteiger partial charge in [-0.2, -0.15) is 0 Å². The lowest BCUT2D eigenvalue weighted by molar-refractivity contribution is 0.0926. The Kier molecular flexibility index (Phi) is 4.16. The molecule has 0 unspecified atom stereocenters. The zero-order valence-electron chi connectivity index (χ0n) is 10.8. The second-order valence-corrected chi connectivity index (χ2v) is 4.79. The van der Waals surface area contributed by atoms with E-state index in [2.05, 4.69) is 16.9 Å². The van der Waals surface area contributed by atoms with Gasteiger partial charge in [-0.15, -0.1) is 0 Å². The number of nitrogens with zero attached hydrogens (tertiary/aromatic N) is 1. The minimum absolute atomic E-state index is 0.106. The van der Waals surface area contributed by atoms with E-state index >= 15 is 0 Å². The molecule has 1 aliphatic carbocycles. The van der Waals surface area contributed by atoms with Crippen LogP contribution in [0.2, 0.25) is 0 Å². The van der Waals surface area contributed by atoms with Crippen molar-refractivity contribution in [2.45, 2.75) is 12.8 Å². The zero-order chi connectivity index (χ0) is 13.7. The highest BCUT2D eigenvalue weighted by molar-refractivity contribution is 5.94. The van der Waals surface area contributed by atoms with Crippen LogP contribution in [-0.4, -0.2) is 35.8 Å². The third-order valence-electron chi connectivity index (χ3n) is 3.26. The fourth-order valence-corrected chi connectivity index (χ4v) is 1.75. The lowest BCUT2D eigenvalue weighted by Gasteiger charge is -2.13. The minimum Gasteiger partial charge on any atom is -0.487 e. The summed E-state index contributed by atoms with van der Waals surface area (Å²) in [7, 11) is 0. The van der Waals surface area contributed by atoms with Crippen molar-refractivity contribution in [3.63, 3.8) is 0 Å². The van der Waals surface area contributed by atoms with Crippen LogP contribution in [0, 0.1) is 5.41 Å². The molecule has 1 saturated carbocycles. The molecule has 0 atom stereocenters. The fraction of sp³-hybridized carbons (Fsp3) is 0.429. The molecule has 0 radical (unpaired) electrons. The largest absolute Gasteiger partial charge is 0.487 e. The minimum atomic E-state index is -0.278. The predicted molar refractivity (Wildman–Crippen MR) is 71.0 cm³/mol. The van der Waals surface area contributed by atoms with E-state index in [1.165, 1.54) is 0 Å². The summed E-state index contributed by atoms with van der Waals surface area (Å²) < 4.78 is 5.39. The third-order valence-corrected chi connectivity index (χ3v) is 3.26. The van der Waals surface area contributed by atoms with Gasteiger partial charge in [0.2, 0.25) is 0 Å². The molecule has 0 aromatic carbocycles. The first-order valence-electron chi connectivity index (χ1n) is 6.28. The molecule has 0 spiro atoms. The van der Waals surface area contributed by atoms with E-state index in [1.807, 2.05) is 0 Å². The number of aliphatic hydroxyl groups is 1. The molecule has 1 fully saturated rings. The quantitative estimate of drug-likeness (QED) is 0.723. The maximum Gasteiger partial charge on any atom is 0.273 e. The van der Waals surface area contributed by atoms with Gasteiger partial charge in [0.1, 0.15) is 6.61 Å². The van der Waals surface area contributed by atoms with Crippen LogP contribution in [0.1, 0.15) is 23.3 Å². The van der Waals surface area contributed by atoms with Gasteiger partial charge in [0.05, 0.1) is 6.61 Å². The monoisotopic (exact) mass is 262 g/mol. The first-order valence-corrected chi connectivity index (χ1v) is 6.28. The number of carbonyl (C=O) groups excluding carboxylic acids is 1. The molecule has 19 heavy (non-hydrogen) atoms. The number of aromatic nitrogens is 1. The number of pyridine rings is 1. The van der Waals surface area contributed by atoms with Gasteiger partial charge in [0.15, 0.2) is 11.4 Å². The van der Waals surface area contributed by atoms with Crippen LogP contribution in [0.5, 0.6) is 5.75 Å². The van der Waals surface area contributed by atoms with E-state index in [1.54, 1.807) is 24.4 Å². The van der Waals surface area contributed by atoms with Crippen LogP contribution >= 0.6 is 0 Å². The van der Waals surface area contributed by atoms with E-state index in [9.17, 15) is 9.90 Å². The molecular weight excluding hydrogens is 244 g/mol. The Hall–Kier alpha value is -1.88. The molecule has 1 aromatic heterocycles. The first-order chi connectivity index (χ1) is 9.21. The fourth-order valence-electron chi connectivity index (χ4n) is 1.75. The summed E-state index contributed by atoms with van der Waals surface area (Å²) in [5.41, 5.74) is 0.144. The summed E-state index contributed by atoms with van der Waals surface area (Å²) in [6, 6.07) is 3.41. The average Bonchev–Trinajstić information content (AvgIpc) is 3.23. The third kappa shape index (κ3) is 3.32. The van der Waals surface area contributed by atoms with Crippen molar-refractivity contribution in [1.29, 1.82) is 0 Å². The number of rotatable bonds is 7. The molecule has 5 nitrogen and oxygen atoms in total. The molecule has 0 bridgehead atoms. The summed E-state index contributed by atoms with van der Waals surface area (Å²) in [6.45, 7) is 4.47. The van der Waals surface area contributed by atoms with Gasteiger partial charge in [-0.25, -0.2) is 4.98 Å². The number of hydrogen-bond acceptors (Lipinski definition) is 4. The number of hydrogen-bond donors (Lipinski definition) is 2. The van der Waals surface area contributed by atoms with E-state index in [0.717, 1.165) is 12.8 Å². The molecule has 2 rings (SSSR count). The zero-order valence-corrected chi connectivity index (χ0v) is 10.8. The normalized spacial score (nSPS) is 15.6. The van der Waals surface area contributed by atoms with Gasteiger partial charge in [-0.1, -0.05) is 12.7 Å². The summed E-state index contributed by atoms with van der Waals surface area (Å²) >= 11 is 0. The Morgan fingerprint density at radius 2 is 2.42 bits per heavy atom. The summed E-state index contributed by atoms with van der Waals surface area (Å²) in [5, 5.41) is 12.0. The lowest BCUT2D eigenvalue weighted by Crippen LogP contribution is -2.32. The van der Waals surface area contributed by atoms with Crippen LogP contribution in [-0.2, 0) is 0 Å². The Morgan fingerprint density at radius 3 is 3.05 bits per heavy atom. The standard InChI is InChI=1S/C14H18N2O3/c1-2-8-19-11-4-3-7-15-12(11)13(18)16-9-14(10-17)5-6-14/h2-4,7,17H,1,5-6,8-10H2,(H,16,18). The van der Waals surface area contributed by atoms with Crippen molar-refractivity contribution in [2.75, 3.05) is 19.8 Å². The van der Waals surface area contributed by atoms with Crippen molar-refractivity contribution in [3.05, 3.63) is 36.7 Å². The summed E-state index contributed by atoms with van der Waals surface area (Å²) in [4.78, 5) is 16.1. The topological polar surface area (TPSA) is 71.5 Å². The van der Waals surface area contributed by atoms with Crippen molar-refractivity contribution >= 4 is 5.91 Å². The SMILES string of the molecule is C=CCOc1cccnc1C(=O)NCC1(CO)CC1. The molecule has 1 heterocycles. The second kappa shape index (κ2) is 5.84. The lowest BCUT2D eigenvalue weighted by atomic mass is 10.1. The Labute approximate surface area is 112 Å². The van der Waals surface area contributed by atoms with Gasteiger partial charge in [-0.3, -0.25) is 4.79 Å². The predicted octanol–water partition coefficient (Wildman–Crippen LogP) is 1.15. The molecule has 0 saturated heterocycles. The molecular formula is C14H18N2O3. The van der Waals surface area contributed by atoms with E-state index in [-0.39, 0.29) is 23.6 Å². The maximum atomic E-state index is 12.1. The number of carbonyl (C=O) groups is 1. The summed E-state index contributed by atoms with van der Waals surface area (Å²) in [6.07, 6.45) is 5.06. The van der Waals surface area contributed by atoms with Gasteiger partial charge >= 0.3 is 0 Å². The van der Waals surface area contributed by atoms with Crippen molar-refractivity contribution in [2.24, 2.45) is 5.41 Å². The highest BCUT2D eigenvalue weighted by Gasteiger charge is 2.42. The van der Waals surface area contributed by atoms with Crippen LogP contribution in [0.4, 0.5) is 0 Å². The number of amides is 1. The average molecular weight is 262 g/mol. The number of nitrogens with one attached hydrogen (secondary N) is 1. The van der Waals surface area contributed by atoms with Crippen molar-refractivity contribution < 1.29 is 14.6 Å². The second-order valence-electron chi connectivity index (χ2n) is 4.79. The van der Waals surface area contributed by atoms with Crippen LogP contribution < -0.4 is 10.1 Å². The molecule has 1 aliphatic rings. The molecule has 1 aromatic rings. The molecule has 1 amide bonds. The van der Waals surface area contributed by atoms with Gasteiger partial charge < -0.3 is 15.2 Å². The maximum absolute atomic E-state index is 12.1. The molecule has 2 N–H and O–H groups in total. The number of ether oxygens (including phenoxy) is 1. The highest BCUT2D eigenvalue weighted by Crippen LogP contribution is 2.44. The highest BCUT2D eigenvalue weighted by atomic mass is 16.5. The van der Waals surface area contributed by atoms with Crippen molar-refractivity contribution in [1.82, 2.24) is 10.3 Å². The van der Waals surface area contributed by atoms with Crippen molar-refractivity contribution in [3.8, 4) is 5.75 Å². The Bertz CT molecular complexity index is 470. The van der Waals surface area contributed by atoms with E-state index < -0.39 is 0 Å². The Balaban J connectivity index is 1.99. The molecule has 0 aliphatic heterocycles. The van der Waals surface area contributed by atoms with Crippen LogP contribution in [0.3, 0.4) is 0 Å². The molecule has 5 heteroatoms. The number of aliphatic hydroxyl groups excluding tert-OH is 1. The molecule has 102 valence electrons. The smallest absolute Gasteiger partial charge is 0.273 e. The van der Waals surface area contributed by atoms with Crippen LogP contribution in [0.15, 0.2) is 31.0 Å². The van der Waals surface area contributed by atoms with Gasteiger partial charge in [0.25, 0.3) is 5.91 Å². The van der Waals surface area contributed by atoms with E-state index in [0.29, 0.717) is 18.9 Å². The van der Waals surface area contributed by atoms with Crippen LogP contribution in [0.25, 0.3) is 0 Å². The Morgan fingerprint density at radius 1 is 1.63 bits per heavy atom. The first kappa shape index (κ1) is 13.5. The van der Waals surface area contributed by atoms with E-state index in [4.69, 9.17) is 4.74 Å². The van der Waals surface area contributed by atoms with Gasteiger partial charge in [-0.05, 0) is 25.0 Å².